The average Bonchev–Trinajstić information content (AvgIpc) is 2.92. The molecule has 4 rings (SSSR count). The van der Waals surface area contributed by atoms with Gasteiger partial charge in [-0.05, 0) is 65.2 Å². The SMILES string of the molecule is CC1NC(=O)C(C(C)F)OC(=O)C(C)(C)C=Cc2ccc3ccc(nc3c2)C(C)NC(=O)C2CCCN(N2)C1=O. The Labute approximate surface area is 232 Å². The van der Waals surface area contributed by atoms with Crippen molar-refractivity contribution in [1.82, 2.24) is 26.1 Å². The largest absolute Gasteiger partial charge is 0.448 e. The van der Waals surface area contributed by atoms with Crippen molar-refractivity contribution in [2.75, 3.05) is 6.54 Å². The summed E-state index contributed by atoms with van der Waals surface area (Å²) in [5.41, 5.74) is 3.90. The molecule has 5 bridgehead atoms. The molecule has 11 heteroatoms. The molecule has 1 aromatic carbocycles. The molecule has 3 N–H and O–H groups in total. The zero-order valence-corrected chi connectivity index (χ0v) is 23.4. The van der Waals surface area contributed by atoms with Crippen LogP contribution in [-0.4, -0.2) is 64.6 Å². The third kappa shape index (κ3) is 6.47. The third-order valence-electron chi connectivity index (χ3n) is 7.17. The van der Waals surface area contributed by atoms with E-state index in [2.05, 4.69) is 16.1 Å². The van der Waals surface area contributed by atoms with E-state index >= 15 is 0 Å². The summed E-state index contributed by atoms with van der Waals surface area (Å²) in [5.74, 6) is -2.51. The number of amides is 3. The minimum atomic E-state index is -1.82. The summed E-state index contributed by atoms with van der Waals surface area (Å²) < 4.78 is 19.8. The topological polar surface area (TPSA) is 130 Å². The van der Waals surface area contributed by atoms with Crippen molar-refractivity contribution in [3.8, 4) is 0 Å². The summed E-state index contributed by atoms with van der Waals surface area (Å²) in [6.45, 7) is 7.93. The number of nitrogens with zero attached hydrogens (tertiary/aromatic N) is 2. The molecular weight excluding hydrogens is 517 g/mol. The third-order valence-corrected chi connectivity index (χ3v) is 7.17. The Morgan fingerprint density at radius 2 is 1.75 bits per heavy atom. The number of hydrazine groups is 1. The molecule has 5 unspecified atom stereocenters. The van der Waals surface area contributed by atoms with Gasteiger partial charge < -0.3 is 15.4 Å². The lowest BCUT2D eigenvalue weighted by molar-refractivity contribution is -0.166. The molecule has 2 aromatic rings. The number of fused-ring (bicyclic) bond motifs is 4. The van der Waals surface area contributed by atoms with Gasteiger partial charge in [0.1, 0.15) is 18.3 Å². The molecule has 0 spiro atoms. The Bertz CT molecular complexity index is 1340. The van der Waals surface area contributed by atoms with Gasteiger partial charge in [0.05, 0.1) is 22.7 Å². The lowest BCUT2D eigenvalue weighted by Crippen LogP contribution is -2.61. The van der Waals surface area contributed by atoms with Crippen LogP contribution in [0.25, 0.3) is 17.0 Å². The van der Waals surface area contributed by atoms with E-state index in [9.17, 15) is 23.6 Å². The first-order valence-electron chi connectivity index (χ1n) is 13.5. The number of ether oxygens (including phenoxy) is 1. The van der Waals surface area contributed by atoms with Gasteiger partial charge in [0, 0.05) is 11.9 Å². The Morgan fingerprint density at radius 3 is 2.48 bits per heavy atom. The molecular formula is C29H36FN5O5. The normalized spacial score (nSPS) is 27.1. The molecule has 1 fully saturated rings. The Hall–Kier alpha value is -3.86. The van der Waals surface area contributed by atoms with Gasteiger partial charge in [0.25, 0.3) is 11.8 Å². The molecule has 214 valence electrons. The van der Waals surface area contributed by atoms with Gasteiger partial charge in [-0.2, -0.15) is 0 Å². The number of hydrogen-bond acceptors (Lipinski definition) is 7. The first kappa shape index (κ1) is 29.1. The molecule has 1 saturated heterocycles. The molecule has 3 amide bonds. The van der Waals surface area contributed by atoms with E-state index in [1.54, 1.807) is 26.0 Å². The van der Waals surface area contributed by atoms with E-state index in [0.29, 0.717) is 30.6 Å². The van der Waals surface area contributed by atoms with E-state index in [4.69, 9.17) is 9.72 Å². The number of nitrogens with one attached hydrogen (secondary N) is 3. The van der Waals surface area contributed by atoms with Gasteiger partial charge in [-0.15, -0.1) is 0 Å². The van der Waals surface area contributed by atoms with Crippen molar-refractivity contribution >= 4 is 40.7 Å². The predicted molar refractivity (Wildman–Crippen MR) is 147 cm³/mol. The van der Waals surface area contributed by atoms with E-state index in [0.717, 1.165) is 17.9 Å². The summed E-state index contributed by atoms with van der Waals surface area (Å²) in [5, 5.41) is 7.62. The van der Waals surface area contributed by atoms with E-state index < -0.39 is 53.6 Å². The number of rotatable bonds is 1. The highest BCUT2D eigenvalue weighted by Crippen LogP contribution is 2.25. The fourth-order valence-corrected chi connectivity index (χ4v) is 4.60. The van der Waals surface area contributed by atoms with Crippen LogP contribution < -0.4 is 16.1 Å². The van der Waals surface area contributed by atoms with E-state index in [1.165, 1.54) is 11.9 Å². The molecule has 5 atom stereocenters. The highest BCUT2D eigenvalue weighted by molar-refractivity contribution is 5.91. The van der Waals surface area contributed by atoms with Crippen LogP contribution in [0.1, 0.15) is 64.8 Å². The molecule has 0 radical (unpaired) electrons. The van der Waals surface area contributed by atoms with Crippen LogP contribution >= 0.6 is 0 Å². The second kappa shape index (κ2) is 11.7. The van der Waals surface area contributed by atoms with E-state index in [-0.39, 0.29) is 5.91 Å². The van der Waals surface area contributed by atoms with Gasteiger partial charge in [-0.1, -0.05) is 30.4 Å². The minimum absolute atomic E-state index is 0.286. The maximum absolute atomic E-state index is 14.5. The summed E-state index contributed by atoms with van der Waals surface area (Å²) >= 11 is 0. The number of benzene rings is 1. The van der Waals surface area contributed by atoms with Crippen LogP contribution in [-0.2, 0) is 23.9 Å². The van der Waals surface area contributed by atoms with Gasteiger partial charge in [-0.25, -0.2) is 9.82 Å². The number of aromatic nitrogens is 1. The molecule has 2 aliphatic rings. The van der Waals surface area contributed by atoms with Crippen molar-refractivity contribution in [2.45, 2.75) is 77.9 Å². The summed E-state index contributed by atoms with van der Waals surface area (Å²) in [6.07, 6.45) is 0.856. The maximum atomic E-state index is 14.5. The van der Waals surface area contributed by atoms with Crippen molar-refractivity contribution in [1.29, 1.82) is 0 Å². The minimum Gasteiger partial charge on any atom is -0.448 e. The Morgan fingerprint density at radius 1 is 1.05 bits per heavy atom. The number of hydrogen-bond donors (Lipinski definition) is 3. The summed E-state index contributed by atoms with van der Waals surface area (Å²) in [7, 11) is 0. The second-order valence-electron chi connectivity index (χ2n) is 11.0. The molecule has 0 saturated carbocycles. The first-order valence-corrected chi connectivity index (χ1v) is 13.5. The Kier molecular flexibility index (Phi) is 8.53. The molecule has 10 nitrogen and oxygen atoms in total. The number of halogens is 1. The van der Waals surface area contributed by atoms with Crippen molar-refractivity contribution < 1.29 is 28.3 Å². The number of esters is 1. The molecule has 40 heavy (non-hydrogen) atoms. The molecule has 3 heterocycles. The van der Waals surface area contributed by atoms with E-state index in [1.807, 2.05) is 37.3 Å². The lowest BCUT2D eigenvalue weighted by Gasteiger charge is -2.35. The van der Waals surface area contributed by atoms with Crippen LogP contribution in [0.5, 0.6) is 0 Å². The zero-order chi connectivity index (χ0) is 29.2. The number of pyridine rings is 1. The highest BCUT2D eigenvalue weighted by Gasteiger charge is 2.37. The fraction of sp³-hybridized carbons (Fsp3) is 0.483. The van der Waals surface area contributed by atoms with Gasteiger partial charge in [0.2, 0.25) is 12.0 Å². The standard InChI is InChI=1S/C29H36FN5O5/c1-16(30)24-26(37)32-18(3)27(38)35-14-6-7-22(34-35)25(36)31-17(2)21-11-10-20-9-8-19(15-23(20)33-21)12-13-29(4,5)28(39)40-24/h8-13,15-18,22,24,34H,6-7,14H2,1-5H3,(H,31,36)(H,32,37). The first-order chi connectivity index (χ1) is 18.9. The second-order valence-corrected chi connectivity index (χ2v) is 11.0. The predicted octanol–water partition coefficient (Wildman–Crippen LogP) is 2.74. The van der Waals surface area contributed by atoms with Crippen LogP contribution in [0.4, 0.5) is 4.39 Å². The fourth-order valence-electron chi connectivity index (χ4n) is 4.60. The number of carbonyl (C=O) groups is 4. The lowest BCUT2D eigenvalue weighted by atomic mass is 9.92. The molecule has 2 aliphatic heterocycles. The van der Waals surface area contributed by atoms with Crippen molar-refractivity contribution in [3.05, 3.63) is 47.7 Å². The number of alkyl halides is 1. The molecule has 1 aromatic heterocycles. The van der Waals surface area contributed by atoms with Gasteiger partial charge in [-0.3, -0.25) is 29.2 Å². The zero-order valence-electron chi connectivity index (χ0n) is 23.4. The number of carbonyl (C=O) groups excluding carboxylic acids is 4. The van der Waals surface area contributed by atoms with Crippen LogP contribution in [0.15, 0.2) is 36.4 Å². The quantitative estimate of drug-likeness (QED) is 0.463. The summed E-state index contributed by atoms with van der Waals surface area (Å²) in [6, 6.07) is 7.29. The Balaban J connectivity index is 1.70. The average molecular weight is 554 g/mol. The monoisotopic (exact) mass is 553 g/mol. The van der Waals surface area contributed by atoms with Gasteiger partial charge >= 0.3 is 5.97 Å². The molecule has 0 aliphatic carbocycles. The van der Waals surface area contributed by atoms with Crippen LogP contribution in [0.3, 0.4) is 0 Å². The van der Waals surface area contributed by atoms with Crippen molar-refractivity contribution in [2.24, 2.45) is 5.41 Å². The number of cyclic esters (lactones) is 1. The highest BCUT2D eigenvalue weighted by atomic mass is 19.1. The van der Waals surface area contributed by atoms with Crippen LogP contribution in [0.2, 0.25) is 0 Å². The van der Waals surface area contributed by atoms with Crippen molar-refractivity contribution in [3.63, 3.8) is 0 Å². The maximum Gasteiger partial charge on any atom is 0.316 e. The van der Waals surface area contributed by atoms with Crippen LogP contribution in [0, 0.1) is 5.41 Å². The van der Waals surface area contributed by atoms with Gasteiger partial charge in [0.15, 0.2) is 0 Å². The smallest absolute Gasteiger partial charge is 0.316 e. The summed E-state index contributed by atoms with van der Waals surface area (Å²) in [4.78, 5) is 56.9.